The Morgan fingerprint density at radius 2 is 1.46 bits per heavy atom. The molecule has 3 aromatic carbocycles. The molecular weight excluding hydrogens is 336 g/mol. The second-order valence-corrected chi connectivity index (χ2v) is 8.19. The molecule has 0 amide bonds. The summed E-state index contributed by atoms with van der Waals surface area (Å²) >= 11 is 0. The molecule has 0 nitrogen and oxygen atoms in total. The molecular formula is C28H18. The highest BCUT2D eigenvalue weighted by Gasteiger charge is 2.57. The molecule has 0 bridgehead atoms. The van der Waals surface area contributed by atoms with Crippen molar-refractivity contribution < 1.29 is 0 Å². The lowest BCUT2D eigenvalue weighted by Gasteiger charge is -2.55. The molecule has 2 unspecified atom stereocenters. The van der Waals surface area contributed by atoms with E-state index in [-0.39, 0.29) is 10.8 Å². The van der Waals surface area contributed by atoms with Crippen LogP contribution in [0.15, 0.2) is 109 Å². The van der Waals surface area contributed by atoms with E-state index in [0.29, 0.717) is 0 Å². The summed E-state index contributed by atoms with van der Waals surface area (Å²) in [5.41, 5.74) is 7.92. The second kappa shape index (κ2) is 4.72. The maximum absolute atomic E-state index is 2.45. The van der Waals surface area contributed by atoms with Crippen LogP contribution in [-0.2, 0) is 5.41 Å². The second-order valence-electron chi connectivity index (χ2n) is 8.19. The summed E-state index contributed by atoms with van der Waals surface area (Å²) in [5, 5.41) is 2.74. The summed E-state index contributed by atoms with van der Waals surface area (Å²) in [6.07, 6.45) is 20.8. The molecule has 3 aromatic rings. The fraction of sp³-hybridized carbons (Fsp3) is 0.0714. The van der Waals surface area contributed by atoms with Crippen molar-refractivity contribution >= 4 is 16.8 Å². The van der Waals surface area contributed by atoms with Gasteiger partial charge in [0.2, 0.25) is 0 Å². The summed E-state index contributed by atoms with van der Waals surface area (Å²) < 4.78 is 0. The molecule has 0 fully saturated rings. The Labute approximate surface area is 164 Å². The number of hydrogen-bond donors (Lipinski definition) is 0. The molecule has 0 heteroatoms. The van der Waals surface area contributed by atoms with Crippen molar-refractivity contribution in [2.24, 2.45) is 5.41 Å². The van der Waals surface area contributed by atoms with E-state index in [0.717, 1.165) is 0 Å². The zero-order valence-electron chi connectivity index (χ0n) is 15.4. The minimum absolute atomic E-state index is 0.179. The van der Waals surface area contributed by atoms with E-state index in [2.05, 4.69) is 109 Å². The minimum Gasteiger partial charge on any atom is -0.0687 e. The highest BCUT2D eigenvalue weighted by molar-refractivity contribution is 6.07. The third-order valence-electron chi connectivity index (χ3n) is 7.12. The first-order valence-corrected chi connectivity index (χ1v) is 9.96. The number of allylic oxidation sites excluding steroid dienone is 9. The van der Waals surface area contributed by atoms with Crippen LogP contribution in [-0.4, -0.2) is 0 Å². The van der Waals surface area contributed by atoms with E-state index in [1.807, 2.05) is 0 Å². The van der Waals surface area contributed by atoms with Gasteiger partial charge in [-0.15, -0.1) is 0 Å². The monoisotopic (exact) mass is 354 g/mol. The Kier molecular flexibility index (Phi) is 2.47. The topological polar surface area (TPSA) is 0 Å². The molecule has 4 aliphatic rings. The predicted octanol–water partition coefficient (Wildman–Crippen LogP) is 6.74. The van der Waals surface area contributed by atoms with Gasteiger partial charge in [-0.25, -0.2) is 0 Å². The van der Waals surface area contributed by atoms with Crippen LogP contribution in [0.25, 0.3) is 28.0 Å². The van der Waals surface area contributed by atoms with Crippen molar-refractivity contribution in [3.63, 3.8) is 0 Å². The molecule has 4 aliphatic carbocycles. The summed E-state index contributed by atoms with van der Waals surface area (Å²) in [5.74, 6) is 0. The van der Waals surface area contributed by atoms with Crippen LogP contribution in [0.3, 0.4) is 0 Å². The molecule has 7 rings (SSSR count). The van der Waals surface area contributed by atoms with Gasteiger partial charge < -0.3 is 0 Å². The largest absolute Gasteiger partial charge is 0.0687 e. The van der Waals surface area contributed by atoms with Crippen LogP contribution in [0.1, 0.15) is 16.7 Å². The first-order valence-electron chi connectivity index (χ1n) is 9.96. The van der Waals surface area contributed by atoms with Gasteiger partial charge in [0, 0.05) is 5.41 Å². The van der Waals surface area contributed by atoms with Crippen LogP contribution in [0, 0.1) is 5.41 Å². The third kappa shape index (κ3) is 1.41. The molecule has 28 heavy (non-hydrogen) atoms. The van der Waals surface area contributed by atoms with E-state index >= 15 is 0 Å². The first kappa shape index (κ1) is 14.6. The van der Waals surface area contributed by atoms with Gasteiger partial charge in [-0.1, -0.05) is 109 Å². The van der Waals surface area contributed by atoms with Gasteiger partial charge in [-0.2, -0.15) is 0 Å². The molecule has 0 saturated carbocycles. The van der Waals surface area contributed by atoms with Crippen molar-refractivity contribution in [1.82, 2.24) is 0 Å². The van der Waals surface area contributed by atoms with Crippen LogP contribution >= 0.6 is 0 Å². The SMILES string of the molecule is C1=CC2=Cc3ccc4cccc5c4c3C3(C=CC=CC23C=C1)c1ccccc1-5. The Morgan fingerprint density at radius 3 is 2.43 bits per heavy atom. The van der Waals surface area contributed by atoms with Crippen LogP contribution in [0.5, 0.6) is 0 Å². The van der Waals surface area contributed by atoms with Gasteiger partial charge in [0.1, 0.15) is 0 Å². The molecule has 0 radical (unpaired) electrons. The van der Waals surface area contributed by atoms with Gasteiger partial charge in [0.25, 0.3) is 0 Å². The average Bonchev–Trinajstić information content (AvgIpc) is 2.76. The molecule has 0 aromatic heterocycles. The highest BCUT2D eigenvalue weighted by Crippen LogP contribution is 2.65. The predicted molar refractivity (Wildman–Crippen MR) is 117 cm³/mol. The van der Waals surface area contributed by atoms with Gasteiger partial charge >= 0.3 is 0 Å². The molecule has 0 N–H and O–H groups in total. The fourth-order valence-electron chi connectivity index (χ4n) is 6.09. The maximum Gasteiger partial charge on any atom is 0.0569 e. The molecule has 2 atom stereocenters. The lowest BCUT2D eigenvalue weighted by molar-refractivity contribution is 0.404. The number of rotatable bonds is 0. The Bertz CT molecular complexity index is 1350. The van der Waals surface area contributed by atoms with Crippen molar-refractivity contribution in [2.75, 3.05) is 0 Å². The first-order chi connectivity index (χ1) is 13.9. The summed E-state index contributed by atoms with van der Waals surface area (Å²) in [6.45, 7) is 0. The van der Waals surface area contributed by atoms with E-state index in [1.54, 1.807) is 0 Å². The van der Waals surface area contributed by atoms with E-state index in [1.165, 1.54) is 44.2 Å². The molecule has 2 spiro atoms. The molecule has 0 heterocycles. The number of benzene rings is 3. The molecule has 130 valence electrons. The minimum atomic E-state index is -0.215. The molecule has 0 saturated heterocycles. The van der Waals surface area contributed by atoms with Crippen molar-refractivity contribution in [2.45, 2.75) is 5.41 Å². The van der Waals surface area contributed by atoms with Gasteiger partial charge in [-0.3, -0.25) is 0 Å². The van der Waals surface area contributed by atoms with Crippen LogP contribution in [0.4, 0.5) is 0 Å². The third-order valence-corrected chi connectivity index (χ3v) is 7.12. The Balaban J connectivity index is 1.81. The summed E-state index contributed by atoms with van der Waals surface area (Å²) in [6, 6.07) is 20.3. The smallest absolute Gasteiger partial charge is 0.0569 e. The Morgan fingerprint density at radius 1 is 0.643 bits per heavy atom. The number of hydrogen-bond acceptors (Lipinski definition) is 0. The summed E-state index contributed by atoms with van der Waals surface area (Å²) in [7, 11) is 0. The van der Waals surface area contributed by atoms with E-state index in [9.17, 15) is 0 Å². The van der Waals surface area contributed by atoms with Crippen molar-refractivity contribution in [1.29, 1.82) is 0 Å². The van der Waals surface area contributed by atoms with E-state index < -0.39 is 0 Å². The van der Waals surface area contributed by atoms with E-state index in [4.69, 9.17) is 0 Å². The zero-order valence-corrected chi connectivity index (χ0v) is 15.4. The van der Waals surface area contributed by atoms with Crippen LogP contribution in [0.2, 0.25) is 0 Å². The zero-order chi connectivity index (χ0) is 18.3. The standard InChI is InChI=1S/C28H18/c1-2-12-24-22(10-1)23-11-7-8-19-13-14-20-18-21-9-3-4-15-27(21)16-5-6-17-28(24,27)26(20)25(19)23/h1-18H. The van der Waals surface area contributed by atoms with Crippen LogP contribution < -0.4 is 0 Å². The van der Waals surface area contributed by atoms with Crippen molar-refractivity contribution in [3.8, 4) is 11.1 Å². The van der Waals surface area contributed by atoms with Crippen molar-refractivity contribution in [3.05, 3.63) is 125 Å². The summed E-state index contributed by atoms with van der Waals surface area (Å²) in [4.78, 5) is 0. The van der Waals surface area contributed by atoms with Gasteiger partial charge in [-0.05, 0) is 44.2 Å². The van der Waals surface area contributed by atoms with Gasteiger partial charge in [0.05, 0.1) is 5.41 Å². The van der Waals surface area contributed by atoms with Gasteiger partial charge in [0.15, 0.2) is 0 Å². The Hall–Kier alpha value is -3.38. The maximum atomic E-state index is 2.45. The number of fused-ring (bicyclic) bond motifs is 2. The highest BCUT2D eigenvalue weighted by atomic mass is 14.6. The normalized spacial score (nSPS) is 27.2. The lowest BCUT2D eigenvalue weighted by atomic mass is 9.46. The molecule has 0 aliphatic heterocycles. The fourth-order valence-corrected chi connectivity index (χ4v) is 6.09. The average molecular weight is 354 g/mol. The quantitative estimate of drug-likeness (QED) is 0.419. The lowest BCUT2D eigenvalue weighted by Crippen LogP contribution is -2.49.